The van der Waals surface area contributed by atoms with Crippen molar-refractivity contribution in [3.05, 3.63) is 29.8 Å². The lowest BCUT2D eigenvalue weighted by Crippen LogP contribution is -1.87. The second-order valence-electron chi connectivity index (χ2n) is 2.74. The highest BCUT2D eigenvalue weighted by Gasteiger charge is 1.92. The Bertz CT molecular complexity index is 409. The number of pyridine rings is 1. The molecule has 0 fully saturated rings. The van der Waals surface area contributed by atoms with Gasteiger partial charge in [0, 0.05) is 19.1 Å². The predicted octanol–water partition coefficient (Wildman–Crippen LogP) is 2.24. The molecule has 0 unspecified atom stereocenters. The number of hydrogen-bond donors (Lipinski definition) is 0. The van der Waals surface area contributed by atoms with E-state index in [0.717, 1.165) is 0 Å². The normalized spacial score (nSPS) is 9.20. The summed E-state index contributed by atoms with van der Waals surface area (Å²) in [5.41, 5.74) is 0.419. The topological polar surface area (TPSA) is 30.0 Å². The fraction of sp³-hybridized carbons (Fsp3) is 0.273. The lowest BCUT2D eigenvalue weighted by molar-refractivity contribution is -0.109. The fourth-order valence-corrected chi connectivity index (χ4v) is 1.37. The molecular formula is C11H10FNOS. The number of hydrogen-bond acceptors (Lipinski definition) is 3. The van der Waals surface area contributed by atoms with Crippen molar-refractivity contribution in [2.45, 2.75) is 13.3 Å². The highest BCUT2D eigenvalue weighted by molar-refractivity contribution is 8.13. The minimum Gasteiger partial charge on any atom is -0.288 e. The van der Waals surface area contributed by atoms with Gasteiger partial charge >= 0.3 is 0 Å². The number of thioether (sulfide) groups is 1. The van der Waals surface area contributed by atoms with Crippen molar-refractivity contribution < 1.29 is 9.18 Å². The van der Waals surface area contributed by atoms with Crippen LogP contribution in [0.3, 0.4) is 0 Å². The lowest BCUT2D eigenvalue weighted by Gasteiger charge is -1.90. The standard InChI is InChI=1S/C11H10FNOS/c1-9(14)15-8-3-2-5-10-6-4-7-11(12)13-10/h4,6-7H,3,8H2,1H3. The number of nitrogens with zero attached hydrogens (tertiary/aromatic N) is 1. The van der Waals surface area contributed by atoms with Crippen molar-refractivity contribution in [2.75, 3.05) is 5.75 Å². The first-order valence-electron chi connectivity index (χ1n) is 4.43. The zero-order valence-electron chi connectivity index (χ0n) is 8.29. The molecule has 0 aliphatic rings. The summed E-state index contributed by atoms with van der Waals surface area (Å²) >= 11 is 1.23. The minimum atomic E-state index is -0.528. The lowest BCUT2D eigenvalue weighted by atomic mass is 10.3. The quantitative estimate of drug-likeness (QED) is 0.437. The van der Waals surface area contributed by atoms with Crippen molar-refractivity contribution >= 4 is 16.9 Å². The SMILES string of the molecule is CC(=O)SCCC#Cc1cccc(F)n1. The maximum Gasteiger partial charge on any atom is 0.214 e. The molecule has 0 aromatic carbocycles. The Morgan fingerprint density at radius 2 is 2.40 bits per heavy atom. The molecule has 15 heavy (non-hydrogen) atoms. The van der Waals surface area contributed by atoms with Gasteiger partial charge in [-0.15, -0.1) is 0 Å². The van der Waals surface area contributed by atoms with Crippen molar-refractivity contribution in [1.82, 2.24) is 4.98 Å². The summed E-state index contributed by atoms with van der Waals surface area (Å²) in [6.45, 7) is 1.52. The van der Waals surface area contributed by atoms with Crippen LogP contribution in [0.15, 0.2) is 18.2 Å². The third-order valence-electron chi connectivity index (χ3n) is 1.46. The maximum absolute atomic E-state index is 12.6. The molecule has 1 aromatic heterocycles. The molecule has 1 rings (SSSR count). The van der Waals surface area contributed by atoms with E-state index in [9.17, 15) is 9.18 Å². The molecule has 0 N–H and O–H groups in total. The molecule has 0 radical (unpaired) electrons. The van der Waals surface area contributed by atoms with Gasteiger partial charge in [-0.05, 0) is 18.1 Å². The van der Waals surface area contributed by atoms with Crippen LogP contribution in [0.25, 0.3) is 0 Å². The number of rotatable bonds is 2. The molecule has 1 heterocycles. The van der Waals surface area contributed by atoms with E-state index in [1.54, 1.807) is 12.1 Å². The number of carbonyl (C=O) groups excluding carboxylic acids is 1. The van der Waals surface area contributed by atoms with Crippen LogP contribution in [0.4, 0.5) is 4.39 Å². The Labute approximate surface area is 92.3 Å². The van der Waals surface area contributed by atoms with Crippen molar-refractivity contribution in [1.29, 1.82) is 0 Å². The average molecular weight is 223 g/mol. The van der Waals surface area contributed by atoms with E-state index >= 15 is 0 Å². The Kier molecular flexibility index (Phi) is 4.85. The van der Waals surface area contributed by atoms with Gasteiger partial charge in [0.1, 0.15) is 5.69 Å². The van der Waals surface area contributed by atoms with Crippen LogP contribution in [0.5, 0.6) is 0 Å². The van der Waals surface area contributed by atoms with E-state index in [0.29, 0.717) is 17.9 Å². The van der Waals surface area contributed by atoms with Gasteiger partial charge in [-0.25, -0.2) is 4.98 Å². The third-order valence-corrected chi connectivity index (χ3v) is 2.28. The smallest absolute Gasteiger partial charge is 0.214 e. The second-order valence-corrected chi connectivity index (χ2v) is 4.01. The zero-order chi connectivity index (χ0) is 11.1. The van der Waals surface area contributed by atoms with E-state index < -0.39 is 5.95 Å². The summed E-state index contributed by atoms with van der Waals surface area (Å²) in [7, 11) is 0. The molecule has 0 aliphatic carbocycles. The van der Waals surface area contributed by atoms with Crippen molar-refractivity contribution in [3.8, 4) is 11.8 Å². The van der Waals surface area contributed by atoms with Gasteiger partial charge in [0.2, 0.25) is 5.95 Å². The van der Waals surface area contributed by atoms with Gasteiger partial charge in [0.25, 0.3) is 0 Å². The van der Waals surface area contributed by atoms with Gasteiger partial charge < -0.3 is 0 Å². The van der Waals surface area contributed by atoms with Crippen LogP contribution in [0.2, 0.25) is 0 Å². The highest BCUT2D eigenvalue weighted by Crippen LogP contribution is 2.02. The average Bonchev–Trinajstić information content (AvgIpc) is 2.17. The van der Waals surface area contributed by atoms with Crippen LogP contribution < -0.4 is 0 Å². The third kappa shape index (κ3) is 5.18. The monoisotopic (exact) mass is 223 g/mol. The minimum absolute atomic E-state index is 0.0840. The van der Waals surface area contributed by atoms with Crippen molar-refractivity contribution in [2.24, 2.45) is 0 Å². The van der Waals surface area contributed by atoms with Crippen LogP contribution in [0.1, 0.15) is 19.0 Å². The Hall–Kier alpha value is -1.34. The molecule has 4 heteroatoms. The second kappa shape index (κ2) is 6.20. The number of aromatic nitrogens is 1. The highest BCUT2D eigenvalue weighted by atomic mass is 32.2. The van der Waals surface area contributed by atoms with Gasteiger partial charge in [0.15, 0.2) is 5.12 Å². The summed E-state index contributed by atoms with van der Waals surface area (Å²) in [6, 6.07) is 4.49. The first kappa shape index (κ1) is 11.7. The summed E-state index contributed by atoms with van der Waals surface area (Å²) in [5, 5.41) is 0.0840. The molecule has 0 atom stereocenters. The number of carbonyl (C=O) groups is 1. The molecule has 1 aromatic rings. The molecule has 0 amide bonds. The predicted molar refractivity (Wildman–Crippen MR) is 58.8 cm³/mol. The van der Waals surface area contributed by atoms with E-state index in [1.165, 1.54) is 24.8 Å². The van der Waals surface area contributed by atoms with Crippen molar-refractivity contribution in [3.63, 3.8) is 0 Å². The molecule has 0 spiro atoms. The molecule has 78 valence electrons. The van der Waals surface area contributed by atoms with E-state index in [2.05, 4.69) is 16.8 Å². The molecule has 0 bridgehead atoms. The summed E-state index contributed by atoms with van der Waals surface area (Å²) < 4.78 is 12.6. The van der Waals surface area contributed by atoms with E-state index in [-0.39, 0.29) is 5.12 Å². The van der Waals surface area contributed by atoms with Gasteiger partial charge in [0.05, 0.1) is 0 Å². The maximum atomic E-state index is 12.6. The largest absolute Gasteiger partial charge is 0.288 e. The van der Waals surface area contributed by atoms with Gasteiger partial charge in [-0.3, -0.25) is 4.79 Å². The molecule has 0 saturated carbocycles. The van der Waals surface area contributed by atoms with Gasteiger partial charge in [-0.2, -0.15) is 4.39 Å². The van der Waals surface area contributed by atoms with Gasteiger partial charge in [-0.1, -0.05) is 23.7 Å². The summed E-state index contributed by atoms with van der Waals surface area (Å²) in [6.07, 6.45) is 0.600. The van der Waals surface area contributed by atoms with Crippen LogP contribution >= 0.6 is 11.8 Å². The molecular weight excluding hydrogens is 213 g/mol. The number of halogens is 1. The van der Waals surface area contributed by atoms with Crippen LogP contribution in [0, 0.1) is 17.8 Å². The van der Waals surface area contributed by atoms with Crippen LogP contribution in [-0.2, 0) is 4.79 Å². The molecule has 2 nitrogen and oxygen atoms in total. The Morgan fingerprint density at radius 3 is 3.07 bits per heavy atom. The van der Waals surface area contributed by atoms with Crippen LogP contribution in [-0.4, -0.2) is 15.9 Å². The van der Waals surface area contributed by atoms with E-state index in [1.807, 2.05) is 0 Å². The first-order valence-corrected chi connectivity index (χ1v) is 5.42. The Morgan fingerprint density at radius 1 is 1.60 bits per heavy atom. The fourth-order valence-electron chi connectivity index (χ4n) is 0.877. The van der Waals surface area contributed by atoms with E-state index in [4.69, 9.17) is 0 Å². The molecule has 0 aliphatic heterocycles. The zero-order valence-corrected chi connectivity index (χ0v) is 9.10. The molecule has 0 saturated heterocycles. The summed E-state index contributed by atoms with van der Waals surface area (Å²) in [4.78, 5) is 14.2. The first-order chi connectivity index (χ1) is 7.18. The summed E-state index contributed by atoms with van der Waals surface area (Å²) in [5.74, 6) is 5.70. The Balaban J connectivity index is 2.41.